The summed E-state index contributed by atoms with van der Waals surface area (Å²) in [5, 5.41) is 0. The standard InChI is InChI=1S/C14H20O2S/c1-9(2)7-11(4)16-14(15)13-8-12(17)6-5-10(13)3/h5-6,8-9,11,17H,7H2,1-4H3. The molecule has 0 heterocycles. The fraction of sp³-hybridized carbons (Fsp3) is 0.500. The van der Waals surface area contributed by atoms with E-state index < -0.39 is 0 Å². The van der Waals surface area contributed by atoms with Crippen LogP contribution in [0.3, 0.4) is 0 Å². The Morgan fingerprint density at radius 1 is 1.35 bits per heavy atom. The topological polar surface area (TPSA) is 26.3 Å². The Bertz CT molecular complexity index is 399. The van der Waals surface area contributed by atoms with Gasteiger partial charge in [-0.1, -0.05) is 19.9 Å². The van der Waals surface area contributed by atoms with Gasteiger partial charge in [-0.2, -0.15) is 0 Å². The van der Waals surface area contributed by atoms with E-state index in [-0.39, 0.29) is 12.1 Å². The molecule has 0 aliphatic heterocycles. The highest BCUT2D eigenvalue weighted by Gasteiger charge is 2.15. The molecule has 2 nitrogen and oxygen atoms in total. The third-order valence-corrected chi connectivity index (χ3v) is 2.83. The van der Waals surface area contributed by atoms with Crippen LogP contribution in [0.5, 0.6) is 0 Å². The second-order valence-electron chi connectivity index (χ2n) is 4.84. The second kappa shape index (κ2) is 6.10. The van der Waals surface area contributed by atoms with Crippen LogP contribution >= 0.6 is 12.6 Å². The Hall–Kier alpha value is -0.960. The van der Waals surface area contributed by atoms with Crippen molar-refractivity contribution in [3.8, 4) is 0 Å². The van der Waals surface area contributed by atoms with Crippen molar-refractivity contribution in [2.75, 3.05) is 0 Å². The van der Waals surface area contributed by atoms with Crippen LogP contribution in [0.1, 0.15) is 43.1 Å². The van der Waals surface area contributed by atoms with E-state index in [1.807, 2.05) is 26.0 Å². The molecular formula is C14H20O2S. The van der Waals surface area contributed by atoms with Gasteiger partial charge in [-0.25, -0.2) is 4.79 Å². The van der Waals surface area contributed by atoms with Crippen LogP contribution in [0, 0.1) is 12.8 Å². The molecule has 1 aromatic rings. The minimum atomic E-state index is -0.258. The van der Waals surface area contributed by atoms with Gasteiger partial charge in [0, 0.05) is 4.90 Å². The van der Waals surface area contributed by atoms with E-state index in [4.69, 9.17) is 4.74 Å². The molecule has 0 aliphatic carbocycles. The average molecular weight is 252 g/mol. The van der Waals surface area contributed by atoms with E-state index in [0.717, 1.165) is 16.9 Å². The monoisotopic (exact) mass is 252 g/mol. The summed E-state index contributed by atoms with van der Waals surface area (Å²) in [7, 11) is 0. The normalized spacial score (nSPS) is 12.6. The number of aryl methyl sites for hydroxylation is 1. The first-order chi connectivity index (χ1) is 7.90. The molecule has 0 fully saturated rings. The van der Waals surface area contributed by atoms with Gasteiger partial charge in [0.15, 0.2) is 0 Å². The van der Waals surface area contributed by atoms with Crippen LogP contribution in [-0.4, -0.2) is 12.1 Å². The molecule has 1 unspecified atom stereocenters. The summed E-state index contributed by atoms with van der Waals surface area (Å²) in [6, 6.07) is 5.50. The maximum absolute atomic E-state index is 12.0. The van der Waals surface area contributed by atoms with E-state index >= 15 is 0 Å². The lowest BCUT2D eigenvalue weighted by atomic mass is 10.1. The first-order valence-corrected chi connectivity index (χ1v) is 6.35. The molecule has 0 bridgehead atoms. The molecule has 0 saturated heterocycles. The molecule has 1 aromatic carbocycles. The van der Waals surface area contributed by atoms with E-state index in [2.05, 4.69) is 26.5 Å². The van der Waals surface area contributed by atoms with Crippen LogP contribution in [0.25, 0.3) is 0 Å². The lowest BCUT2D eigenvalue weighted by Gasteiger charge is -2.16. The van der Waals surface area contributed by atoms with Crippen LogP contribution in [-0.2, 0) is 4.74 Å². The predicted molar refractivity (Wildman–Crippen MR) is 72.8 cm³/mol. The van der Waals surface area contributed by atoms with E-state index in [9.17, 15) is 4.79 Å². The third kappa shape index (κ3) is 4.43. The highest BCUT2D eigenvalue weighted by molar-refractivity contribution is 7.80. The largest absolute Gasteiger partial charge is 0.459 e. The van der Waals surface area contributed by atoms with Gasteiger partial charge in [0.25, 0.3) is 0 Å². The number of carbonyl (C=O) groups is 1. The van der Waals surface area contributed by atoms with Crippen LogP contribution in [0.4, 0.5) is 0 Å². The maximum atomic E-state index is 12.0. The Morgan fingerprint density at radius 2 is 2.00 bits per heavy atom. The number of benzene rings is 1. The van der Waals surface area contributed by atoms with Crippen LogP contribution < -0.4 is 0 Å². The first-order valence-electron chi connectivity index (χ1n) is 5.90. The summed E-state index contributed by atoms with van der Waals surface area (Å²) in [4.78, 5) is 12.7. The third-order valence-electron chi connectivity index (χ3n) is 2.55. The summed E-state index contributed by atoms with van der Waals surface area (Å²) in [5.74, 6) is 0.265. The zero-order chi connectivity index (χ0) is 13.0. The molecule has 0 amide bonds. The summed E-state index contributed by atoms with van der Waals surface area (Å²) >= 11 is 4.23. The van der Waals surface area contributed by atoms with Gasteiger partial charge in [-0.15, -0.1) is 12.6 Å². The van der Waals surface area contributed by atoms with Crippen molar-refractivity contribution in [1.82, 2.24) is 0 Å². The van der Waals surface area contributed by atoms with Gasteiger partial charge < -0.3 is 4.74 Å². The predicted octanol–water partition coefficient (Wildman–Crippen LogP) is 3.88. The molecule has 17 heavy (non-hydrogen) atoms. The Balaban J connectivity index is 2.73. The van der Waals surface area contributed by atoms with Gasteiger partial charge in [0.2, 0.25) is 0 Å². The lowest BCUT2D eigenvalue weighted by Crippen LogP contribution is -2.17. The lowest BCUT2D eigenvalue weighted by molar-refractivity contribution is 0.0298. The molecule has 94 valence electrons. The van der Waals surface area contributed by atoms with Crippen LogP contribution in [0.2, 0.25) is 0 Å². The van der Waals surface area contributed by atoms with Gasteiger partial charge in [0.1, 0.15) is 0 Å². The van der Waals surface area contributed by atoms with Gasteiger partial charge >= 0.3 is 5.97 Å². The van der Waals surface area contributed by atoms with Crippen molar-refractivity contribution < 1.29 is 9.53 Å². The Labute approximate surface area is 109 Å². The number of hydrogen-bond donors (Lipinski definition) is 1. The SMILES string of the molecule is Cc1ccc(S)cc1C(=O)OC(C)CC(C)C. The zero-order valence-corrected chi connectivity index (χ0v) is 11.8. The fourth-order valence-electron chi connectivity index (χ4n) is 1.79. The van der Waals surface area contributed by atoms with E-state index in [1.165, 1.54) is 0 Å². The summed E-state index contributed by atoms with van der Waals surface area (Å²) < 4.78 is 5.41. The highest BCUT2D eigenvalue weighted by Crippen LogP contribution is 2.17. The smallest absolute Gasteiger partial charge is 0.338 e. The molecular weight excluding hydrogens is 232 g/mol. The quantitative estimate of drug-likeness (QED) is 0.650. The van der Waals surface area contributed by atoms with Crippen molar-refractivity contribution in [2.24, 2.45) is 5.92 Å². The van der Waals surface area contributed by atoms with Gasteiger partial charge in [-0.05, 0) is 43.9 Å². The van der Waals surface area contributed by atoms with Gasteiger partial charge in [0.05, 0.1) is 11.7 Å². The highest BCUT2D eigenvalue weighted by atomic mass is 32.1. The van der Waals surface area contributed by atoms with Gasteiger partial charge in [-0.3, -0.25) is 0 Å². The van der Waals surface area contributed by atoms with Crippen molar-refractivity contribution >= 4 is 18.6 Å². The summed E-state index contributed by atoms with van der Waals surface area (Å²) in [5.41, 5.74) is 1.53. The molecule has 3 heteroatoms. The molecule has 0 N–H and O–H groups in total. The minimum absolute atomic E-state index is 0.0505. The summed E-state index contributed by atoms with van der Waals surface area (Å²) in [6.45, 7) is 8.06. The fourth-order valence-corrected chi connectivity index (χ4v) is 1.99. The summed E-state index contributed by atoms with van der Waals surface area (Å²) in [6.07, 6.45) is 0.830. The average Bonchev–Trinajstić information content (AvgIpc) is 2.20. The molecule has 0 aromatic heterocycles. The minimum Gasteiger partial charge on any atom is -0.459 e. The van der Waals surface area contributed by atoms with Crippen molar-refractivity contribution in [2.45, 2.75) is 45.1 Å². The van der Waals surface area contributed by atoms with E-state index in [0.29, 0.717) is 11.5 Å². The molecule has 1 rings (SSSR count). The molecule has 0 aliphatic rings. The van der Waals surface area contributed by atoms with E-state index in [1.54, 1.807) is 6.07 Å². The number of carbonyl (C=O) groups excluding carboxylic acids is 1. The zero-order valence-electron chi connectivity index (χ0n) is 10.9. The first kappa shape index (κ1) is 14.1. The van der Waals surface area contributed by atoms with Crippen LogP contribution in [0.15, 0.2) is 23.1 Å². The molecule has 0 saturated carbocycles. The second-order valence-corrected chi connectivity index (χ2v) is 5.36. The molecule has 1 atom stereocenters. The van der Waals surface area contributed by atoms with Crippen molar-refractivity contribution in [3.63, 3.8) is 0 Å². The Kier molecular flexibility index (Phi) is 5.06. The molecule has 0 spiro atoms. The molecule has 0 radical (unpaired) electrons. The number of esters is 1. The Morgan fingerprint density at radius 3 is 2.59 bits per heavy atom. The number of hydrogen-bond acceptors (Lipinski definition) is 3. The maximum Gasteiger partial charge on any atom is 0.338 e. The number of rotatable bonds is 4. The van der Waals surface area contributed by atoms with Crippen molar-refractivity contribution in [3.05, 3.63) is 29.3 Å². The number of ether oxygens (including phenoxy) is 1. The van der Waals surface area contributed by atoms with Crippen molar-refractivity contribution in [1.29, 1.82) is 0 Å². The number of thiol groups is 1.